The Hall–Kier alpha value is -0.770. The third kappa shape index (κ3) is 3.12. The molecule has 1 aromatic rings. The molecule has 1 aromatic carbocycles. The summed E-state index contributed by atoms with van der Waals surface area (Å²) in [5.74, 6) is 0.193. The van der Waals surface area contributed by atoms with Crippen LogP contribution in [-0.4, -0.2) is 12.5 Å². The molecule has 1 aliphatic rings. The van der Waals surface area contributed by atoms with Crippen molar-refractivity contribution in [3.05, 3.63) is 33.8 Å². The van der Waals surface area contributed by atoms with Crippen LogP contribution in [-0.2, 0) is 4.79 Å². The second-order valence-corrected chi connectivity index (χ2v) is 5.14. The number of carbonyl (C=O) groups excluding carboxylic acids is 1. The Bertz CT molecular complexity index is 412. The molecule has 0 radical (unpaired) electrons. The Labute approximate surface area is 110 Å². The van der Waals surface area contributed by atoms with E-state index in [1.165, 1.54) is 12.8 Å². The van der Waals surface area contributed by atoms with E-state index in [9.17, 15) is 4.79 Å². The zero-order chi connectivity index (χ0) is 12.4. The molecule has 2 rings (SSSR count). The Morgan fingerprint density at radius 3 is 2.47 bits per heavy atom. The van der Waals surface area contributed by atoms with E-state index in [4.69, 9.17) is 28.9 Å². The average Bonchev–Trinajstić information content (AvgIpc) is 3.05. The maximum absolute atomic E-state index is 11.5. The summed E-state index contributed by atoms with van der Waals surface area (Å²) in [7, 11) is 0. The van der Waals surface area contributed by atoms with Crippen molar-refractivity contribution in [3.63, 3.8) is 0 Å². The molecule has 0 bridgehead atoms. The van der Waals surface area contributed by atoms with E-state index in [1.54, 1.807) is 18.2 Å². The van der Waals surface area contributed by atoms with Crippen LogP contribution >= 0.6 is 23.2 Å². The summed E-state index contributed by atoms with van der Waals surface area (Å²) >= 11 is 12.1. The molecule has 92 valence electrons. The number of halogens is 2. The van der Waals surface area contributed by atoms with E-state index < -0.39 is 11.9 Å². The summed E-state index contributed by atoms with van der Waals surface area (Å²) in [5.41, 5.74) is 5.97. The number of amides is 1. The van der Waals surface area contributed by atoms with Crippen molar-refractivity contribution < 1.29 is 4.79 Å². The number of carbonyl (C=O) groups is 1. The van der Waals surface area contributed by atoms with Crippen LogP contribution in [0.1, 0.15) is 24.4 Å². The molecule has 3 nitrogen and oxygen atoms in total. The van der Waals surface area contributed by atoms with Crippen molar-refractivity contribution in [3.8, 4) is 0 Å². The molecule has 0 saturated heterocycles. The van der Waals surface area contributed by atoms with Gasteiger partial charge in [-0.1, -0.05) is 29.3 Å². The molecule has 0 aromatic heterocycles. The van der Waals surface area contributed by atoms with Gasteiger partial charge in [-0.05, 0) is 37.4 Å². The summed E-state index contributed by atoms with van der Waals surface area (Å²) in [6, 6.07) is 4.54. The van der Waals surface area contributed by atoms with Gasteiger partial charge in [-0.3, -0.25) is 4.79 Å². The molecule has 17 heavy (non-hydrogen) atoms. The molecule has 1 saturated carbocycles. The smallest absolute Gasteiger partial charge is 0.239 e. The largest absolute Gasteiger partial charge is 0.368 e. The van der Waals surface area contributed by atoms with Gasteiger partial charge in [0.15, 0.2) is 0 Å². The van der Waals surface area contributed by atoms with Crippen LogP contribution in [0.15, 0.2) is 18.2 Å². The number of hydrogen-bond acceptors (Lipinski definition) is 2. The standard InChI is InChI=1S/C12H14Cl2N2O/c13-8-2-1-3-9(14)10(8)11(12(15)17)16-6-7-4-5-7/h1-3,7,11,16H,4-6H2,(H2,15,17). The molecule has 0 aliphatic heterocycles. The Balaban J connectivity index is 2.21. The molecule has 3 N–H and O–H groups in total. The van der Waals surface area contributed by atoms with Gasteiger partial charge in [-0.2, -0.15) is 0 Å². The highest BCUT2D eigenvalue weighted by Crippen LogP contribution is 2.32. The Morgan fingerprint density at radius 2 is 2.00 bits per heavy atom. The Morgan fingerprint density at radius 1 is 1.41 bits per heavy atom. The van der Waals surface area contributed by atoms with Gasteiger partial charge < -0.3 is 11.1 Å². The predicted octanol–water partition coefficient (Wildman–Crippen LogP) is 2.52. The van der Waals surface area contributed by atoms with Gasteiger partial charge in [-0.25, -0.2) is 0 Å². The summed E-state index contributed by atoms with van der Waals surface area (Å²) in [4.78, 5) is 11.5. The number of primary amides is 1. The highest BCUT2D eigenvalue weighted by atomic mass is 35.5. The van der Waals surface area contributed by atoms with Crippen LogP contribution < -0.4 is 11.1 Å². The first-order valence-corrected chi connectivity index (χ1v) is 6.32. The quantitative estimate of drug-likeness (QED) is 0.866. The molecule has 1 atom stereocenters. The van der Waals surface area contributed by atoms with Crippen molar-refractivity contribution in [2.45, 2.75) is 18.9 Å². The molecule has 0 spiro atoms. The highest BCUT2D eigenvalue weighted by Gasteiger charge is 2.27. The molecule has 1 fully saturated rings. The number of benzene rings is 1. The van der Waals surface area contributed by atoms with Gasteiger partial charge in [0.1, 0.15) is 6.04 Å². The van der Waals surface area contributed by atoms with Crippen LogP contribution in [0, 0.1) is 5.92 Å². The lowest BCUT2D eigenvalue weighted by Crippen LogP contribution is -2.35. The second kappa shape index (κ2) is 5.25. The third-order valence-corrected chi connectivity index (χ3v) is 3.54. The van der Waals surface area contributed by atoms with Gasteiger partial charge in [0.25, 0.3) is 0 Å². The van der Waals surface area contributed by atoms with Crippen molar-refractivity contribution in [2.24, 2.45) is 11.7 Å². The molecule has 1 unspecified atom stereocenters. The molecular formula is C12H14Cl2N2O. The molecular weight excluding hydrogens is 259 g/mol. The van der Waals surface area contributed by atoms with E-state index in [0.29, 0.717) is 21.5 Å². The first kappa shape index (κ1) is 12.7. The zero-order valence-corrected chi connectivity index (χ0v) is 10.8. The molecule has 1 aliphatic carbocycles. The van der Waals surface area contributed by atoms with Gasteiger partial charge in [-0.15, -0.1) is 0 Å². The lowest BCUT2D eigenvalue weighted by Gasteiger charge is -2.18. The monoisotopic (exact) mass is 272 g/mol. The van der Waals surface area contributed by atoms with Crippen LogP contribution in [0.2, 0.25) is 10.0 Å². The topological polar surface area (TPSA) is 55.1 Å². The van der Waals surface area contributed by atoms with E-state index in [0.717, 1.165) is 6.54 Å². The normalized spacial score (nSPS) is 16.8. The minimum Gasteiger partial charge on any atom is -0.368 e. The van der Waals surface area contributed by atoms with Gasteiger partial charge in [0.2, 0.25) is 5.91 Å². The first-order chi connectivity index (χ1) is 8.09. The number of rotatable bonds is 5. The van der Waals surface area contributed by atoms with Crippen LogP contribution in [0.5, 0.6) is 0 Å². The average molecular weight is 273 g/mol. The highest BCUT2D eigenvalue weighted by molar-refractivity contribution is 6.36. The summed E-state index contributed by atoms with van der Waals surface area (Å²) in [6.45, 7) is 0.773. The number of nitrogens with two attached hydrogens (primary N) is 1. The third-order valence-electron chi connectivity index (χ3n) is 2.88. The lowest BCUT2D eigenvalue weighted by atomic mass is 10.1. The fraction of sp³-hybridized carbons (Fsp3) is 0.417. The second-order valence-electron chi connectivity index (χ2n) is 4.32. The molecule has 0 heterocycles. The van der Waals surface area contributed by atoms with Crippen molar-refractivity contribution in [1.82, 2.24) is 5.32 Å². The Kier molecular flexibility index (Phi) is 3.92. The lowest BCUT2D eigenvalue weighted by molar-refractivity contribution is -0.120. The van der Waals surface area contributed by atoms with Gasteiger partial charge in [0, 0.05) is 15.6 Å². The maximum atomic E-state index is 11.5. The van der Waals surface area contributed by atoms with E-state index in [-0.39, 0.29) is 0 Å². The molecule has 1 amide bonds. The SMILES string of the molecule is NC(=O)C(NCC1CC1)c1c(Cl)cccc1Cl. The zero-order valence-electron chi connectivity index (χ0n) is 9.25. The summed E-state index contributed by atoms with van der Waals surface area (Å²) in [5, 5.41) is 4.06. The predicted molar refractivity (Wildman–Crippen MR) is 69.1 cm³/mol. The van der Waals surface area contributed by atoms with Gasteiger partial charge >= 0.3 is 0 Å². The summed E-state index contributed by atoms with van der Waals surface area (Å²) in [6.07, 6.45) is 2.41. The minimum absolute atomic E-state index is 0.458. The van der Waals surface area contributed by atoms with E-state index in [1.807, 2.05) is 0 Å². The maximum Gasteiger partial charge on any atom is 0.239 e. The van der Waals surface area contributed by atoms with E-state index >= 15 is 0 Å². The van der Waals surface area contributed by atoms with Gasteiger partial charge in [0.05, 0.1) is 0 Å². The van der Waals surface area contributed by atoms with Crippen LogP contribution in [0.25, 0.3) is 0 Å². The first-order valence-electron chi connectivity index (χ1n) is 5.56. The van der Waals surface area contributed by atoms with Crippen LogP contribution in [0.3, 0.4) is 0 Å². The van der Waals surface area contributed by atoms with Crippen LogP contribution in [0.4, 0.5) is 0 Å². The minimum atomic E-state index is -0.614. The van der Waals surface area contributed by atoms with Crippen molar-refractivity contribution >= 4 is 29.1 Å². The fourth-order valence-corrected chi connectivity index (χ4v) is 2.35. The van der Waals surface area contributed by atoms with Crippen molar-refractivity contribution in [1.29, 1.82) is 0 Å². The number of hydrogen-bond donors (Lipinski definition) is 2. The fourth-order valence-electron chi connectivity index (χ4n) is 1.74. The number of nitrogens with one attached hydrogen (secondary N) is 1. The van der Waals surface area contributed by atoms with Crippen molar-refractivity contribution in [2.75, 3.05) is 6.54 Å². The molecule has 5 heteroatoms. The summed E-state index contributed by atoms with van der Waals surface area (Å²) < 4.78 is 0. The van der Waals surface area contributed by atoms with E-state index in [2.05, 4.69) is 5.32 Å².